The molecule has 0 saturated heterocycles. The van der Waals surface area contributed by atoms with Gasteiger partial charge in [-0.15, -0.1) is 6.42 Å². The van der Waals surface area contributed by atoms with Crippen LogP contribution in [0.2, 0.25) is 0 Å². The molecule has 4 rings (SSSR count). The Kier molecular flexibility index (Phi) is 3.69. The summed E-state index contributed by atoms with van der Waals surface area (Å²) in [5.74, 6) is 6.16. The van der Waals surface area contributed by atoms with Crippen molar-refractivity contribution in [3.63, 3.8) is 0 Å². The third-order valence-corrected chi connectivity index (χ3v) is 7.63. The Balaban J connectivity index is 1.69. The molecule has 0 heterocycles. The minimum Gasteiger partial charge on any atom is -0.497 e. The summed E-state index contributed by atoms with van der Waals surface area (Å²) < 4.78 is 11.4. The predicted molar refractivity (Wildman–Crippen MR) is 96.2 cm³/mol. The lowest BCUT2D eigenvalue weighted by molar-refractivity contribution is -0.0885. The number of aryl methyl sites for hydroxylation is 1. The van der Waals surface area contributed by atoms with Gasteiger partial charge in [0, 0.05) is 12.5 Å². The highest BCUT2D eigenvalue weighted by atomic mass is 16.5. The van der Waals surface area contributed by atoms with Crippen molar-refractivity contribution in [2.24, 2.45) is 17.3 Å². The normalized spacial score (nSPS) is 40.2. The molecule has 0 bridgehead atoms. The molecule has 24 heavy (non-hydrogen) atoms. The third kappa shape index (κ3) is 1.94. The molecule has 0 radical (unpaired) electrons. The van der Waals surface area contributed by atoms with Crippen LogP contribution in [0.4, 0.5) is 0 Å². The number of benzene rings is 1. The Labute approximate surface area is 145 Å². The summed E-state index contributed by atoms with van der Waals surface area (Å²) >= 11 is 0. The van der Waals surface area contributed by atoms with Crippen LogP contribution in [0, 0.1) is 29.6 Å². The molecule has 5 atom stereocenters. The van der Waals surface area contributed by atoms with Crippen LogP contribution in [0.1, 0.15) is 56.1 Å². The monoisotopic (exact) mass is 324 g/mol. The molecular weight excluding hydrogens is 296 g/mol. The molecule has 0 unspecified atom stereocenters. The maximum Gasteiger partial charge on any atom is 0.133 e. The van der Waals surface area contributed by atoms with Gasteiger partial charge in [-0.25, -0.2) is 0 Å². The first-order valence-corrected chi connectivity index (χ1v) is 9.28. The smallest absolute Gasteiger partial charge is 0.133 e. The van der Waals surface area contributed by atoms with E-state index in [-0.39, 0.29) is 11.0 Å². The van der Waals surface area contributed by atoms with Gasteiger partial charge in [0.05, 0.1) is 7.11 Å². The first-order valence-electron chi connectivity index (χ1n) is 9.28. The minimum absolute atomic E-state index is 0.127. The van der Waals surface area contributed by atoms with Crippen molar-refractivity contribution >= 4 is 0 Å². The zero-order chi connectivity index (χ0) is 16.9. The number of fused-ring (bicyclic) bond motifs is 5. The van der Waals surface area contributed by atoms with E-state index < -0.39 is 0 Å². The highest BCUT2D eigenvalue weighted by Gasteiger charge is 2.62. The van der Waals surface area contributed by atoms with Crippen LogP contribution >= 0.6 is 0 Å². The number of terminal acetylenes is 1. The van der Waals surface area contributed by atoms with Gasteiger partial charge in [0.2, 0.25) is 0 Å². The molecule has 1 aromatic carbocycles. The summed E-state index contributed by atoms with van der Waals surface area (Å²) in [7, 11) is 3.56. The predicted octanol–water partition coefficient (Wildman–Crippen LogP) is 4.57. The second-order valence-electron chi connectivity index (χ2n) is 8.15. The van der Waals surface area contributed by atoms with Crippen molar-refractivity contribution in [3.05, 3.63) is 29.3 Å². The molecule has 3 aliphatic carbocycles. The van der Waals surface area contributed by atoms with Crippen molar-refractivity contribution in [2.45, 2.75) is 57.0 Å². The van der Waals surface area contributed by atoms with E-state index in [1.165, 1.54) is 31.2 Å². The second-order valence-corrected chi connectivity index (χ2v) is 8.15. The van der Waals surface area contributed by atoms with E-state index >= 15 is 0 Å². The van der Waals surface area contributed by atoms with Gasteiger partial charge in [-0.3, -0.25) is 0 Å². The number of hydrogen-bond donors (Lipinski definition) is 0. The highest BCUT2D eigenvalue weighted by molar-refractivity contribution is 5.41. The van der Waals surface area contributed by atoms with Crippen LogP contribution in [0.3, 0.4) is 0 Å². The van der Waals surface area contributed by atoms with Gasteiger partial charge in [0.15, 0.2) is 0 Å². The number of methoxy groups -OCH3 is 2. The van der Waals surface area contributed by atoms with Crippen molar-refractivity contribution in [3.8, 4) is 18.1 Å². The molecular formula is C22H28O2. The maximum atomic E-state index is 5.96. The maximum absolute atomic E-state index is 5.96. The van der Waals surface area contributed by atoms with Crippen molar-refractivity contribution in [1.82, 2.24) is 0 Å². The standard InChI is InChI=1S/C22H28O2/c1-5-22(24-4)13-11-20-19-8-6-15-14-16(23-3)7-9-17(15)18(19)10-12-21(20,22)2/h1,7,9,14,18-20H,6,8,10-13H2,2-4H3/t18-,19-,20+,21+,22+/m1/s1. The van der Waals surface area contributed by atoms with E-state index in [1.54, 1.807) is 12.7 Å². The lowest BCUT2D eigenvalue weighted by atomic mass is 9.53. The fraction of sp³-hybridized carbons (Fsp3) is 0.636. The van der Waals surface area contributed by atoms with Gasteiger partial charge < -0.3 is 9.47 Å². The molecule has 2 fully saturated rings. The average Bonchev–Trinajstić information content (AvgIpc) is 2.93. The molecule has 2 heteroatoms. The average molecular weight is 324 g/mol. The summed E-state index contributed by atoms with van der Waals surface area (Å²) in [5.41, 5.74) is 2.82. The zero-order valence-corrected chi connectivity index (χ0v) is 15.1. The van der Waals surface area contributed by atoms with Gasteiger partial charge in [-0.05, 0) is 79.5 Å². The van der Waals surface area contributed by atoms with E-state index in [0.717, 1.165) is 24.5 Å². The van der Waals surface area contributed by atoms with Crippen LogP contribution in [-0.2, 0) is 11.2 Å². The van der Waals surface area contributed by atoms with E-state index in [0.29, 0.717) is 11.8 Å². The molecule has 2 saturated carbocycles. The Hall–Kier alpha value is -1.46. The third-order valence-electron chi connectivity index (χ3n) is 7.63. The van der Waals surface area contributed by atoms with Gasteiger partial charge in [-0.2, -0.15) is 0 Å². The van der Waals surface area contributed by atoms with E-state index in [9.17, 15) is 0 Å². The molecule has 128 valence electrons. The SMILES string of the molecule is C#C[C@]1(OC)CC[C@H]2[C@@H]3CCc4cc(OC)ccc4[C@H]3CC[C@@]21C. The molecule has 1 aromatic rings. The Morgan fingerprint density at radius 3 is 2.71 bits per heavy atom. The van der Waals surface area contributed by atoms with E-state index in [1.807, 2.05) is 7.11 Å². The van der Waals surface area contributed by atoms with Crippen molar-refractivity contribution in [2.75, 3.05) is 14.2 Å². The van der Waals surface area contributed by atoms with Crippen molar-refractivity contribution in [1.29, 1.82) is 0 Å². The molecule has 0 spiro atoms. The number of rotatable bonds is 2. The van der Waals surface area contributed by atoms with Crippen molar-refractivity contribution < 1.29 is 9.47 Å². The van der Waals surface area contributed by atoms with Crippen LogP contribution in [0.15, 0.2) is 18.2 Å². The van der Waals surface area contributed by atoms with Gasteiger partial charge >= 0.3 is 0 Å². The quantitative estimate of drug-likeness (QED) is 0.742. The van der Waals surface area contributed by atoms with Crippen LogP contribution < -0.4 is 4.74 Å². The number of ether oxygens (including phenoxy) is 2. The summed E-state index contributed by atoms with van der Waals surface area (Å²) in [4.78, 5) is 0. The van der Waals surface area contributed by atoms with E-state index in [4.69, 9.17) is 15.9 Å². The van der Waals surface area contributed by atoms with Gasteiger partial charge in [0.1, 0.15) is 11.4 Å². The molecule has 2 nitrogen and oxygen atoms in total. The summed E-state index contributed by atoms with van der Waals surface area (Å²) in [6.45, 7) is 2.40. The zero-order valence-electron chi connectivity index (χ0n) is 15.1. The fourth-order valence-electron chi connectivity index (χ4n) is 6.32. The Morgan fingerprint density at radius 2 is 2.00 bits per heavy atom. The lowest BCUT2D eigenvalue weighted by Crippen LogP contribution is -2.51. The highest BCUT2D eigenvalue weighted by Crippen LogP contribution is 2.65. The summed E-state index contributed by atoms with van der Waals surface area (Å²) in [6.07, 6.45) is 13.0. The van der Waals surface area contributed by atoms with Gasteiger partial charge in [-0.1, -0.05) is 18.9 Å². The molecule has 3 aliphatic rings. The van der Waals surface area contributed by atoms with Crippen LogP contribution in [0.25, 0.3) is 0 Å². The molecule has 0 aromatic heterocycles. The molecule has 0 aliphatic heterocycles. The summed E-state index contributed by atoms with van der Waals surface area (Å²) in [5, 5.41) is 0. The molecule has 0 amide bonds. The Morgan fingerprint density at radius 1 is 1.17 bits per heavy atom. The van der Waals surface area contributed by atoms with Gasteiger partial charge in [0.25, 0.3) is 0 Å². The Bertz CT molecular complexity index is 688. The first-order chi connectivity index (χ1) is 11.6. The second kappa shape index (κ2) is 5.53. The minimum atomic E-state index is -0.358. The fourth-order valence-corrected chi connectivity index (χ4v) is 6.32. The van der Waals surface area contributed by atoms with Crippen LogP contribution in [0.5, 0.6) is 5.75 Å². The molecule has 0 N–H and O–H groups in total. The van der Waals surface area contributed by atoms with Crippen LogP contribution in [-0.4, -0.2) is 19.8 Å². The summed E-state index contributed by atoms with van der Waals surface area (Å²) in [6, 6.07) is 6.69. The topological polar surface area (TPSA) is 18.5 Å². The first kappa shape index (κ1) is 16.0. The lowest BCUT2D eigenvalue weighted by Gasteiger charge is -2.53. The van der Waals surface area contributed by atoms with E-state index in [2.05, 4.69) is 31.0 Å². The number of hydrogen-bond acceptors (Lipinski definition) is 2. The largest absolute Gasteiger partial charge is 0.497 e.